The van der Waals surface area contributed by atoms with Crippen LogP contribution in [0, 0.1) is 11.6 Å². The van der Waals surface area contributed by atoms with Crippen molar-refractivity contribution in [3.63, 3.8) is 0 Å². The normalized spacial score (nSPS) is 10.4. The number of pyridine rings is 1. The molecule has 0 bridgehead atoms. The quantitative estimate of drug-likeness (QED) is 0.872. The molecule has 0 radical (unpaired) electrons. The summed E-state index contributed by atoms with van der Waals surface area (Å²) in [7, 11) is 0. The van der Waals surface area contributed by atoms with Gasteiger partial charge in [-0.3, -0.25) is 0 Å². The highest BCUT2D eigenvalue weighted by Gasteiger charge is 2.06. The van der Waals surface area contributed by atoms with Crippen molar-refractivity contribution in [2.45, 2.75) is 0 Å². The number of anilines is 1. The van der Waals surface area contributed by atoms with Crippen LogP contribution in [0.3, 0.4) is 0 Å². The molecule has 0 aliphatic rings. The zero-order valence-electron chi connectivity index (χ0n) is 8.05. The highest BCUT2D eigenvalue weighted by molar-refractivity contribution is 9.10. The largest absolute Gasteiger partial charge is 0.383 e. The molecule has 82 valence electrons. The van der Waals surface area contributed by atoms with Crippen LogP contribution in [0.2, 0.25) is 0 Å². The maximum absolute atomic E-state index is 13.0. The molecular formula is C11H7BrF2N2. The molecule has 0 unspecified atom stereocenters. The molecule has 16 heavy (non-hydrogen) atoms. The van der Waals surface area contributed by atoms with Crippen LogP contribution >= 0.6 is 15.9 Å². The first-order valence-corrected chi connectivity index (χ1v) is 5.23. The Morgan fingerprint density at radius 2 is 1.81 bits per heavy atom. The molecule has 1 heterocycles. The summed E-state index contributed by atoms with van der Waals surface area (Å²) in [5.41, 5.74) is 6.74. The minimum Gasteiger partial charge on any atom is -0.383 e. The van der Waals surface area contributed by atoms with Crippen LogP contribution in [0.15, 0.2) is 34.9 Å². The first kappa shape index (κ1) is 11.0. The fourth-order valence-electron chi connectivity index (χ4n) is 1.28. The van der Waals surface area contributed by atoms with Crippen molar-refractivity contribution < 1.29 is 8.78 Å². The molecule has 0 amide bonds. The Morgan fingerprint density at radius 1 is 1.06 bits per heavy atom. The molecule has 0 atom stereocenters. The number of halogens is 3. The third-order valence-corrected chi connectivity index (χ3v) is 2.76. The van der Waals surface area contributed by atoms with E-state index in [2.05, 4.69) is 20.9 Å². The lowest BCUT2D eigenvalue weighted by molar-refractivity contribution is 0.509. The molecular weight excluding hydrogens is 278 g/mol. The van der Waals surface area contributed by atoms with E-state index in [1.807, 2.05) is 0 Å². The maximum atomic E-state index is 13.0. The van der Waals surface area contributed by atoms with Crippen molar-refractivity contribution in [2.24, 2.45) is 0 Å². The second-order valence-corrected chi connectivity index (χ2v) is 4.07. The number of nitrogens with two attached hydrogens (primary N) is 1. The summed E-state index contributed by atoms with van der Waals surface area (Å²) in [5, 5.41) is 0. The monoisotopic (exact) mass is 284 g/mol. The molecule has 0 spiro atoms. The van der Waals surface area contributed by atoms with Crippen LogP contribution in [0.4, 0.5) is 14.6 Å². The summed E-state index contributed by atoms with van der Waals surface area (Å²) in [6.07, 6.45) is 1.51. The summed E-state index contributed by atoms with van der Waals surface area (Å²) in [6, 6.07) is 5.39. The van der Waals surface area contributed by atoms with E-state index in [0.717, 1.165) is 12.1 Å². The van der Waals surface area contributed by atoms with Crippen molar-refractivity contribution in [1.82, 2.24) is 4.98 Å². The molecule has 2 rings (SSSR count). The van der Waals surface area contributed by atoms with E-state index in [1.165, 1.54) is 12.3 Å². The summed E-state index contributed by atoms with van der Waals surface area (Å²) in [4.78, 5) is 3.92. The smallest absolute Gasteiger partial charge is 0.159 e. The van der Waals surface area contributed by atoms with Crippen LogP contribution in [0.25, 0.3) is 11.1 Å². The van der Waals surface area contributed by atoms with Crippen LogP contribution in [-0.4, -0.2) is 4.98 Å². The number of hydrogen-bond donors (Lipinski definition) is 1. The number of aromatic nitrogens is 1. The van der Waals surface area contributed by atoms with E-state index in [1.54, 1.807) is 6.07 Å². The number of rotatable bonds is 1. The van der Waals surface area contributed by atoms with Crippen LogP contribution in [-0.2, 0) is 0 Å². The molecule has 0 fully saturated rings. The van der Waals surface area contributed by atoms with E-state index in [4.69, 9.17) is 5.73 Å². The number of nitrogens with zero attached hydrogens (tertiary/aromatic N) is 1. The van der Waals surface area contributed by atoms with Gasteiger partial charge in [0.1, 0.15) is 5.82 Å². The summed E-state index contributed by atoms with van der Waals surface area (Å²) in [6.45, 7) is 0. The second-order valence-electron chi connectivity index (χ2n) is 3.22. The highest BCUT2D eigenvalue weighted by atomic mass is 79.9. The van der Waals surface area contributed by atoms with E-state index in [9.17, 15) is 8.78 Å². The van der Waals surface area contributed by atoms with Gasteiger partial charge >= 0.3 is 0 Å². The van der Waals surface area contributed by atoms with Gasteiger partial charge in [-0.2, -0.15) is 0 Å². The Hall–Kier alpha value is -1.49. The maximum Gasteiger partial charge on any atom is 0.159 e. The predicted octanol–water partition coefficient (Wildman–Crippen LogP) is 3.37. The van der Waals surface area contributed by atoms with Gasteiger partial charge in [0.15, 0.2) is 11.6 Å². The lowest BCUT2D eigenvalue weighted by Gasteiger charge is -2.04. The Bertz CT molecular complexity index is 494. The first-order valence-electron chi connectivity index (χ1n) is 4.44. The lowest BCUT2D eigenvalue weighted by Crippen LogP contribution is -1.92. The number of benzene rings is 1. The number of nitrogen functional groups attached to an aromatic ring is 1. The summed E-state index contributed by atoms with van der Waals surface area (Å²) in [5.74, 6) is -1.40. The third-order valence-electron chi connectivity index (χ3n) is 2.12. The van der Waals surface area contributed by atoms with Crippen LogP contribution < -0.4 is 5.73 Å². The van der Waals surface area contributed by atoms with Crippen LogP contribution in [0.1, 0.15) is 0 Å². The van der Waals surface area contributed by atoms with Gasteiger partial charge in [-0.15, -0.1) is 0 Å². The Kier molecular flexibility index (Phi) is 2.87. The Morgan fingerprint density at radius 3 is 2.44 bits per heavy atom. The first-order chi connectivity index (χ1) is 7.58. The molecule has 1 aromatic heterocycles. The van der Waals surface area contributed by atoms with E-state index in [0.29, 0.717) is 21.4 Å². The van der Waals surface area contributed by atoms with Gasteiger partial charge in [-0.25, -0.2) is 13.8 Å². The zero-order chi connectivity index (χ0) is 11.7. The predicted molar refractivity (Wildman–Crippen MR) is 61.7 cm³/mol. The van der Waals surface area contributed by atoms with Gasteiger partial charge in [0.2, 0.25) is 0 Å². The molecule has 0 aliphatic carbocycles. The summed E-state index contributed by atoms with van der Waals surface area (Å²) < 4.78 is 26.4. The topological polar surface area (TPSA) is 38.9 Å². The van der Waals surface area contributed by atoms with Gasteiger partial charge < -0.3 is 5.73 Å². The SMILES string of the molecule is Nc1ncc(-c2ccc(F)c(F)c2)cc1Br. The molecule has 2 aromatic rings. The molecule has 0 saturated carbocycles. The lowest BCUT2D eigenvalue weighted by atomic mass is 10.1. The molecule has 2 nitrogen and oxygen atoms in total. The zero-order valence-corrected chi connectivity index (χ0v) is 9.63. The van der Waals surface area contributed by atoms with Gasteiger partial charge in [0.25, 0.3) is 0 Å². The van der Waals surface area contributed by atoms with E-state index >= 15 is 0 Å². The van der Waals surface area contributed by atoms with Crippen molar-refractivity contribution in [2.75, 3.05) is 5.73 Å². The van der Waals surface area contributed by atoms with E-state index < -0.39 is 11.6 Å². The average Bonchev–Trinajstić information content (AvgIpc) is 2.26. The Balaban J connectivity index is 2.50. The van der Waals surface area contributed by atoms with Gasteiger partial charge in [-0.05, 0) is 39.7 Å². The fraction of sp³-hybridized carbons (Fsp3) is 0. The van der Waals surface area contributed by atoms with Crippen molar-refractivity contribution in [1.29, 1.82) is 0 Å². The van der Waals surface area contributed by atoms with Crippen LogP contribution in [0.5, 0.6) is 0 Å². The van der Waals surface area contributed by atoms with Crippen molar-refractivity contribution in [3.05, 3.63) is 46.6 Å². The average molecular weight is 285 g/mol. The molecule has 0 saturated heterocycles. The van der Waals surface area contributed by atoms with Crippen molar-refractivity contribution in [3.8, 4) is 11.1 Å². The van der Waals surface area contributed by atoms with Gasteiger partial charge in [0.05, 0.1) is 4.47 Å². The van der Waals surface area contributed by atoms with Gasteiger partial charge in [0, 0.05) is 11.8 Å². The standard InChI is InChI=1S/C11H7BrF2N2/c12-8-3-7(5-16-11(8)15)6-1-2-9(13)10(14)4-6/h1-5H,(H2,15,16). The highest BCUT2D eigenvalue weighted by Crippen LogP contribution is 2.26. The van der Waals surface area contributed by atoms with Crippen molar-refractivity contribution >= 4 is 21.7 Å². The van der Waals surface area contributed by atoms with Gasteiger partial charge in [-0.1, -0.05) is 6.07 Å². The molecule has 0 aliphatic heterocycles. The molecule has 1 aromatic carbocycles. The Labute approximate surface area is 99.2 Å². The number of hydrogen-bond acceptors (Lipinski definition) is 2. The molecule has 5 heteroatoms. The molecule has 2 N–H and O–H groups in total. The third kappa shape index (κ3) is 2.04. The summed E-state index contributed by atoms with van der Waals surface area (Å²) >= 11 is 3.22. The minimum absolute atomic E-state index is 0.353. The van der Waals surface area contributed by atoms with E-state index in [-0.39, 0.29) is 0 Å². The fourth-order valence-corrected chi connectivity index (χ4v) is 1.63. The minimum atomic E-state index is -0.884. The second kappa shape index (κ2) is 4.17.